The average Bonchev–Trinajstić information content (AvgIpc) is 3.29. The molecule has 2 heterocycles. The second kappa shape index (κ2) is 14.7. The van der Waals surface area contributed by atoms with Gasteiger partial charge in [0.05, 0.1) is 6.10 Å². The molecule has 3 fully saturated rings. The van der Waals surface area contributed by atoms with Crippen LogP contribution in [0.3, 0.4) is 0 Å². The highest BCUT2D eigenvalue weighted by Gasteiger charge is 2.70. The Kier molecular flexibility index (Phi) is 12.1. The quantitative estimate of drug-likeness (QED) is 0.244. The van der Waals surface area contributed by atoms with Crippen LogP contribution in [0.15, 0.2) is 0 Å². The van der Waals surface area contributed by atoms with Gasteiger partial charge in [-0.15, -0.1) is 0 Å². The molecule has 0 unspecified atom stereocenters. The minimum Gasteiger partial charge on any atom is -0.459 e. The van der Waals surface area contributed by atoms with Crippen LogP contribution in [0.1, 0.15) is 120 Å². The van der Waals surface area contributed by atoms with E-state index in [1.807, 2.05) is 34.6 Å². The zero-order valence-electron chi connectivity index (χ0n) is 28.6. The number of hydrogen-bond acceptors (Lipinski definition) is 11. The molecule has 3 rings (SSSR count). The van der Waals surface area contributed by atoms with E-state index in [1.165, 1.54) is 6.92 Å². The number of fused-ring (bicyclic) bond motifs is 5. The molecule has 0 spiro atoms. The number of hydrogen-bond donors (Lipinski definition) is 2. The molecule has 0 aromatic heterocycles. The molecule has 0 aromatic carbocycles. The van der Waals surface area contributed by atoms with Gasteiger partial charge in [0.2, 0.25) is 0 Å². The molecular weight excluding hydrogens is 584 g/mol. The summed E-state index contributed by atoms with van der Waals surface area (Å²) in [4.78, 5) is 51.2. The maximum absolute atomic E-state index is 13.1. The average molecular weight is 641 g/mol. The summed E-state index contributed by atoms with van der Waals surface area (Å²) in [5, 5.41) is 24.3. The van der Waals surface area contributed by atoms with Crippen LogP contribution >= 0.6 is 0 Å². The summed E-state index contributed by atoms with van der Waals surface area (Å²) in [7, 11) is 0. The maximum Gasteiger partial charge on any atom is 0.306 e. The van der Waals surface area contributed by atoms with E-state index in [0.29, 0.717) is 19.3 Å². The predicted molar refractivity (Wildman–Crippen MR) is 164 cm³/mol. The predicted octanol–water partition coefficient (Wildman–Crippen LogP) is 4.42. The van der Waals surface area contributed by atoms with Crippen LogP contribution in [0.25, 0.3) is 0 Å². The van der Waals surface area contributed by atoms with E-state index in [-0.39, 0.29) is 44.4 Å². The summed E-state index contributed by atoms with van der Waals surface area (Å²) in [5.74, 6) is -3.83. The SMILES string of the molecule is CCCC(=O)O[C@H]1[C@H](C(C)C)[C@@H]2[C@@H]([C@H]3C[C@](C)(O)[C@@H](OC(=O)CCC)CC[C@](C)(OC(=O)CCC)[C@@H]2O3)[C@](C)(O)[C@@H]1OC(C)=O. The van der Waals surface area contributed by atoms with E-state index in [4.69, 9.17) is 23.7 Å². The topological polar surface area (TPSA) is 155 Å². The fourth-order valence-corrected chi connectivity index (χ4v) is 8.06. The summed E-state index contributed by atoms with van der Waals surface area (Å²) < 4.78 is 30.7. The van der Waals surface area contributed by atoms with Crippen LogP contribution in [0.5, 0.6) is 0 Å². The molecule has 1 saturated carbocycles. The van der Waals surface area contributed by atoms with Gasteiger partial charge in [-0.25, -0.2) is 0 Å². The van der Waals surface area contributed by atoms with Gasteiger partial charge in [-0.3, -0.25) is 19.2 Å². The molecule has 2 saturated heterocycles. The van der Waals surface area contributed by atoms with Crippen molar-refractivity contribution < 1.29 is 53.1 Å². The van der Waals surface area contributed by atoms with Crippen molar-refractivity contribution in [1.29, 1.82) is 0 Å². The Morgan fingerprint density at radius 3 is 1.96 bits per heavy atom. The lowest BCUT2D eigenvalue weighted by Gasteiger charge is -2.55. The van der Waals surface area contributed by atoms with E-state index >= 15 is 0 Å². The highest BCUT2D eigenvalue weighted by Crippen LogP contribution is 2.59. The first-order valence-corrected chi connectivity index (χ1v) is 16.8. The number of rotatable bonds is 11. The Morgan fingerprint density at radius 1 is 0.867 bits per heavy atom. The van der Waals surface area contributed by atoms with Crippen molar-refractivity contribution >= 4 is 23.9 Å². The minimum atomic E-state index is -1.78. The molecule has 45 heavy (non-hydrogen) atoms. The van der Waals surface area contributed by atoms with E-state index in [1.54, 1.807) is 20.8 Å². The normalized spacial score (nSPS) is 39.6. The summed E-state index contributed by atoms with van der Waals surface area (Å²) in [5.41, 5.74) is -4.61. The third-order valence-corrected chi connectivity index (χ3v) is 9.99. The van der Waals surface area contributed by atoms with Crippen LogP contribution in [0.4, 0.5) is 0 Å². The zero-order valence-corrected chi connectivity index (χ0v) is 28.6. The lowest BCUT2D eigenvalue weighted by atomic mass is 9.55. The Morgan fingerprint density at radius 2 is 1.42 bits per heavy atom. The second-order valence-electron chi connectivity index (χ2n) is 14.3. The van der Waals surface area contributed by atoms with E-state index < -0.39 is 89.0 Å². The maximum atomic E-state index is 13.1. The Bertz CT molecular complexity index is 1070. The van der Waals surface area contributed by atoms with E-state index in [9.17, 15) is 29.4 Å². The highest BCUT2D eigenvalue weighted by molar-refractivity contribution is 5.71. The fourth-order valence-electron chi connectivity index (χ4n) is 8.06. The van der Waals surface area contributed by atoms with Crippen molar-refractivity contribution in [2.45, 2.75) is 167 Å². The van der Waals surface area contributed by atoms with Crippen molar-refractivity contribution in [3.05, 3.63) is 0 Å². The zero-order chi connectivity index (χ0) is 33.9. The number of ether oxygens (including phenoxy) is 5. The lowest BCUT2D eigenvalue weighted by Crippen LogP contribution is -2.68. The Hall–Kier alpha value is -2.24. The molecule has 2 aliphatic heterocycles. The summed E-state index contributed by atoms with van der Waals surface area (Å²) >= 11 is 0. The molecule has 11 heteroatoms. The molecule has 0 radical (unpaired) electrons. The van der Waals surface area contributed by atoms with Crippen molar-refractivity contribution in [1.82, 2.24) is 0 Å². The number of carbonyl (C=O) groups is 4. The van der Waals surface area contributed by atoms with Crippen LogP contribution in [-0.2, 0) is 42.9 Å². The Balaban J connectivity index is 2.23. The molecule has 2 N–H and O–H groups in total. The number of carbonyl (C=O) groups excluding carboxylic acids is 4. The van der Waals surface area contributed by atoms with Gasteiger partial charge < -0.3 is 33.9 Å². The third-order valence-electron chi connectivity index (χ3n) is 9.99. The molecule has 11 nitrogen and oxygen atoms in total. The second-order valence-corrected chi connectivity index (χ2v) is 14.3. The molecule has 3 aliphatic rings. The van der Waals surface area contributed by atoms with Crippen LogP contribution in [0.2, 0.25) is 0 Å². The standard InChI is InChI=1S/C34H56O11/c1-10-13-23(36)43-22-16-17-33(8,45-25(38)15-12-3)30-27-26(19(4)5)29(44-24(37)14-11-2)31(41-20(6)35)34(9,40)28(27)21(42-30)18-32(22,7)39/h19,21-22,26-31,39-40H,10-18H2,1-9H3/t21-,22+,26-,27-,28-,29+,30-,31-,32+,33+,34+/m1/s1. The molecule has 1 aliphatic carbocycles. The molecule has 0 aromatic rings. The largest absolute Gasteiger partial charge is 0.459 e. The molecule has 258 valence electrons. The van der Waals surface area contributed by atoms with Crippen molar-refractivity contribution in [2.24, 2.45) is 23.7 Å². The fraction of sp³-hybridized carbons (Fsp3) is 0.882. The minimum absolute atomic E-state index is 0.0121. The van der Waals surface area contributed by atoms with Gasteiger partial charge in [0.1, 0.15) is 35.1 Å². The van der Waals surface area contributed by atoms with Gasteiger partial charge in [-0.05, 0) is 58.8 Å². The van der Waals surface area contributed by atoms with Gasteiger partial charge in [0.25, 0.3) is 0 Å². The van der Waals surface area contributed by atoms with Gasteiger partial charge >= 0.3 is 23.9 Å². The molecule has 2 bridgehead atoms. The van der Waals surface area contributed by atoms with Crippen molar-refractivity contribution in [2.75, 3.05) is 0 Å². The highest BCUT2D eigenvalue weighted by atomic mass is 16.6. The van der Waals surface area contributed by atoms with Crippen molar-refractivity contribution in [3.63, 3.8) is 0 Å². The van der Waals surface area contributed by atoms with Crippen LogP contribution in [-0.4, -0.2) is 81.4 Å². The molecule has 0 amide bonds. The lowest BCUT2D eigenvalue weighted by molar-refractivity contribution is -0.243. The molecular formula is C34H56O11. The van der Waals surface area contributed by atoms with Gasteiger partial charge in [0, 0.05) is 50.4 Å². The van der Waals surface area contributed by atoms with Crippen LogP contribution in [0, 0.1) is 23.7 Å². The Labute approximate surface area is 268 Å². The first-order valence-electron chi connectivity index (χ1n) is 16.8. The van der Waals surface area contributed by atoms with Crippen LogP contribution < -0.4 is 0 Å². The smallest absolute Gasteiger partial charge is 0.306 e. The number of esters is 4. The summed E-state index contributed by atoms with van der Waals surface area (Å²) in [6, 6.07) is 0. The first kappa shape index (κ1) is 37.2. The van der Waals surface area contributed by atoms with E-state index in [0.717, 1.165) is 0 Å². The third kappa shape index (κ3) is 8.01. The summed E-state index contributed by atoms with van der Waals surface area (Å²) in [6.07, 6.45) is -2.13. The van der Waals surface area contributed by atoms with Gasteiger partial charge in [-0.2, -0.15) is 0 Å². The number of aliphatic hydroxyl groups is 2. The summed E-state index contributed by atoms with van der Waals surface area (Å²) in [6.45, 7) is 15.7. The van der Waals surface area contributed by atoms with Crippen molar-refractivity contribution in [3.8, 4) is 0 Å². The monoisotopic (exact) mass is 640 g/mol. The van der Waals surface area contributed by atoms with Gasteiger partial charge in [0.15, 0.2) is 6.10 Å². The van der Waals surface area contributed by atoms with E-state index in [2.05, 4.69) is 0 Å². The first-order chi connectivity index (χ1) is 20.9. The molecule has 11 atom stereocenters. The van der Waals surface area contributed by atoms with Gasteiger partial charge in [-0.1, -0.05) is 34.6 Å².